The molecule has 0 fully saturated rings. The Morgan fingerprint density at radius 2 is 1.87 bits per heavy atom. The second kappa shape index (κ2) is 6.42. The van der Waals surface area contributed by atoms with Gasteiger partial charge in [-0.1, -0.05) is 15.9 Å². The average molecular weight is 374 g/mol. The van der Waals surface area contributed by atoms with Crippen LogP contribution in [-0.2, 0) is 4.79 Å². The topological polar surface area (TPSA) is 67.2 Å². The van der Waals surface area contributed by atoms with Crippen molar-refractivity contribution in [1.82, 2.24) is 4.98 Å². The van der Waals surface area contributed by atoms with Crippen LogP contribution < -0.4 is 10.6 Å². The van der Waals surface area contributed by atoms with Crippen LogP contribution in [0.4, 0.5) is 11.4 Å². The van der Waals surface area contributed by atoms with Crippen molar-refractivity contribution in [2.75, 3.05) is 10.6 Å². The van der Waals surface area contributed by atoms with Gasteiger partial charge in [0.05, 0.1) is 0 Å². The molecule has 3 aromatic rings. The van der Waals surface area contributed by atoms with Crippen LogP contribution in [0, 0.1) is 6.92 Å². The molecule has 3 rings (SSSR count). The van der Waals surface area contributed by atoms with Crippen molar-refractivity contribution in [2.24, 2.45) is 0 Å². The zero-order chi connectivity index (χ0) is 16.4. The number of amides is 1. The highest BCUT2D eigenvalue weighted by Gasteiger charge is 2.13. The lowest BCUT2D eigenvalue weighted by molar-refractivity contribution is -0.116. The van der Waals surface area contributed by atoms with Crippen molar-refractivity contribution in [3.05, 3.63) is 52.8 Å². The highest BCUT2D eigenvalue weighted by molar-refractivity contribution is 9.10. The molecule has 0 spiro atoms. The SMILES string of the molecule is Cc1nc2cc(NC(C)C(=O)Nc3ccc(Br)cc3)ccc2o1. The summed E-state index contributed by atoms with van der Waals surface area (Å²) in [5, 5.41) is 6.05. The van der Waals surface area contributed by atoms with Crippen molar-refractivity contribution < 1.29 is 9.21 Å². The van der Waals surface area contributed by atoms with E-state index in [1.165, 1.54) is 0 Å². The average Bonchev–Trinajstić information content (AvgIpc) is 2.88. The summed E-state index contributed by atoms with van der Waals surface area (Å²) < 4.78 is 6.41. The predicted molar refractivity (Wildman–Crippen MR) is 94.6 cm³/mol. The van der Waals surface area contributed by atoms with Crippen molar-refractivity contribution in [2.45, 2.75) is 19.9 Å². The highest BCUT2D eigenvalue weighted by Crippen LogP contribution is 2.20. The Kier molecular flexibility index (Phi) is 4.34. The molecule has 0 bridgehead atoms. The van der Waals surface area contributed by atoms with Crippen LogP contribution in [0.5, 0.6) is 0 Å². The van der Waals surface area contributed by atoms with Crippen LogP contribution in [0.2, 0.25) is 0 Å². The number of rotatable bonds is 4. The first-order valence-corrected chi connectivity index (χ1v) is 8.01. The minimum absolute atomic E-state index is 0.108. The number of benzene rings is 2. The van der Waals surface area contributed by atoms with Gasteiger partial charge in [-0.15, -0.1) is 0 Å². The Balaban J connectivity index is 1.67. The number of aromatic nitrogens is 1. The molecular formula is C17H16BrN3O2. The first-order valence-electron chi connectivity index (χ1n) is 7.21. The summed E-state index contributed by atoms with van der Waals surface area (Å²) in [6.07, 6.45) is 0. The van der Waals surface area contributed by atoms with Gasteiger partial charge in [0.25, 0.3) is 0 Å². The third-order valence-electron chi connectivity index (χ3n) is 3.38. The molecule has 118 valence electrons. The molecule has 0 aliphatic heterocycles. The predicted octanol–water partition coefficient (Wildman–Crippen LogP) is 4.34. The smallest absolute Gasteiger partial charge is 0.246 e. The molecule has 1 atom stereocenters. The van der Waals surface area contributed by atoms with Gasteiger partial charge in [-0.3, -0.25) is 4.79 Å². The number of fused-ring (bicyclic) bond motifs is 1. The lowest BCUT2D eigenvalue weighted by Gasteiger charge is -2.15. The molecule has 0 saturated carbocycles. The van der Waals surface area contributed by atoms with Gasteiger partial charge >= 0.3 is 0 Å². The molecule has 23 heavy (non-hydrogen) atoms. The molecule has 1 unspecified atom stereocenters. The van der Waals surface area contributed by atoms with E-state index in [9.17, 15) is 4.79 Å². The number of aryl methyl sites for hydroxylation is 1. The Bertz CT molecular complexity index is 843. The number of oxazole rings is 1. The number of nitrogens with one attached hydrogen (secondary N) is 2. The Labute approximate surface area is 142 Å². The summed E-state index contributed by atoms with van der Waals surface area (Å²) in [6.45, 7) is 3.62. The summed E-state index contributed by atoms with van der Waals surface area (Å²) >= 11 is 3.37. The normalized spacial score (nSPS) is 12.1. The minimum Gasteiger partial charge on any atom is -0.441 e. The molecule has 1 aromatic heterocycles. The maximum absolute atomic E-state index is 12.2. The fraction of sp³-hybridized carbons (Fsp3) is 0.176. The van der Waals surface area contributed by atoms with Gasteiger partial charge < -0.3 is 15.1 Å². The highest BCUT2D eigenvalue weighted by atomic mass is 79.9. The molecule has 1 amide bonds. The zero-order valence-corrected chi connectivity index (χ0v) is 14.3. The van der Waals surface area contributed by atoms with Crippen LogP contribution in [0.25, 0.3) is 11.1 Å². The van der Waals surface area contributed by atoms with E-state index in [0.29, 0.717) is 5.89 Å². The summed E-state index contributed by atoms with van der Waals surface area (Å²) in [5.41, 5.74) is 3.09. The van der Waals surface area contributed by atoms with Crippen molar-refractivity contribution in [3.8, 4) is 0 Å². The number of halogens is 1. The monoisotopic (exact) mass is 373 g/mol. The molecule has 2 aromatic carbocycles. The molecule has 0 radical (unpaired) electrons. The lowest BCUT2D eigenvalue weighted by Crippen LogP contribution is -2.31. The van der Waals surface area contributed by atoms with Crippen molar-refractivity contribution >= 4 is 44.3 Å². The number of carbonyl (C=O) groups is 1. The Morgan fingerprint density at radius 3 is 2.61 bits per heavy atom. The first-order chi connectivity index (χ1) is 11.0. The van der Waals surface area contributed by atoms with Crippen molar-refractivity contribution in [1.29, 1.82) is 0 Å². The van der Waals surface area contributed by atoms with E-state index in [2.05, 4.69) is 31.5 Å². The third kappa shape index (κ3) is 3.71. The van der Waals surface area contributed by atoms with E-state index in [0.717, 1.165) is 26.9 Å². The third-order valence-corrected chi connectivity index (χ3v) is 3.91. The molecule has 0 aliphatic rings. The number of nitrogens with zero attached hydrogens (tertiary/aromatic N) is 1. The fourth-order valence-corrected chi connectivity index (χ4v) is 2.50. The van der Waals surface area contributed by atoms with Gasteiger partial charge in [0, 0.05) is 22.8 Å². The lowest BCUT2D eigenvalue weighted by atomic mass is 10.2. The van der Waals surface area contributed by atoms with Crippen LogP contribution >= 0.6 is 15.9 Å². The quantitative estimate of drug-likeness (QED) is 0.713. The molecule has 2 N–H and O–H groups in total. The van der Waals surface area contributed by atoms with Gasteiger partial charge in [-0.25, -0.2) is 4.98 Å². The summed E-state index contributed by atoms with van der Waals surface area (Å²) in [4.78, 5) is 16.5. The van der Waals surface area contributed by atoms with Gasteiger partial charge in [0.15, 0.2) is 11.5 Å². The maximum Gasteiger partial charge on any atom is 0.246 e. The second-order valence-electron chi connectivity index (χ2n) is 5.28. The van der Waals surface area contributed by atoms with Crippen molar-refractivity contribution in [3.63, 3.8) is 0 Å². The number of hydrogen-bond acceptors (Lipinski definition) is 4. The maximum atomic E-state index is 12.2. The standard InChI is InChI=1S/C17H16BrN3O2/c1-10(17(22)21-13-5-3-12(18)4-6-13)19-14-7-8-16-15(9-14)20-11(2)23-16/h3-10,19H,1-2H3,(H,21,22). The molecule has 0 aliphatic carbocycles. The second-order valence-corrected chi connectivity index (χ2v) is 6.19. The largest absolute Gasteiger partial charge is 0.441 e. The van der Waals surface area contributed by atoms with Gasteiger partial charge in [-0.05, 0) is 49.4 Å². The van der Waals surface area contributed by atoms with E-state index in [1.807, 2.05) is 49.4 Å². The number of anilines is 2. The summed E-state index contributed by atoms with van der Waals surface area (Å²) in [7, 11) is 0. The van der Waals surface area contributed by atoms with Gasteiger partial charge in [0.2, 0.25) is 5.91 Å². The zero-order valence-electron chi connectivity index (χ0n) is 12.8. The molecule has 6 heteroatoms. The fourth-order valence-electron chi connectivity index (χ4n) is 2.23. The molecule has 0 saturated heterocycles. The van der Waals surface area contributed by atoms with E-state index >= 15 is 0 Å². The van der Waals surface area contributed by atoms with Crippen LogP contribution in [0.3, 0.4) is 0 Å². The van der Waals surface area contributed by atoms with Gasteiger partial charge in [-0.2, -0.15) is 0 Å². The molecular weight excluding hydrogens is 358 g/mol. The number of carbonyl (C=O) groups excluding carboxylic acids is 1. The van der Waals surface area contributed by atoms with E-state index in [1.54, 1.807) is 6.92 Å². The number of hydrogen-bond donors (Lipinski definition) is 2. The summed E-state index contributed by atoms with van der Waals surface area (Å²) in [6, 6.07) is 12.7. The molecule has 5 nitrogen and oxygen atoms in total. The van der Waals surface area contributed by atoms with E-state index in [4.69, 9.17) is 4.42 Å². The van der Waals surface area contributed by atoms with Crippen LogP contribution in [0.1, 0.15) is 12.8 Å². The van der Waals surface area contributed by atoms with Gasteiger partial charge in [0.1, 0.15) is 11.6 Å². The van der Waals surface area contributed by atoms with Crippen LogP contribution in [-0.4, -0.2) is 16.9 Å². The van der Waals surface area contributed by atoms with E-state index in [-0.39, 0.29) is 11.9 Å². The Morgan fingerprint density at radius 1 is 1.17 bits per heavy atom. The minimum atomic E-state index is -0.385. The Hall–Kier alpha value is -2.34. The molecule has 1 heterocycles. The van der Waals surface area contributed by atoms with E-state index < -0.39 is 0 Å². The first kappa shape index (κ1) is 15.6. The summed E-state index contributed by atoms with van der Waals surface area (Å²) in [5.74, 6) is 0.516. The van der Waals surface area contributed by atoms with Crippen LogP contribution in [0.15, 0.2) is 51.4 Å².